The molecule has 37 heavy (non-hydrogen) atoms. The van der Waals surface area contributed by atoms with Crippen molar-refractivity contribution in [3.05, 3.63) is 107 Å². The number of aliphatic carboxylic acids is 1. The normalized spacial score (nSPS) is 18.7. The van der Waals surface area contributed by atoms with Gasteiger partial charge in [-0.15, -0.1) is 11.8 Å². The molecule has 1 fully saturated rings. The van der Waals surface area contributed by atoms with Gasteiger partial charge in [-0.1, -0.05) is 60.7 Å². The van der Waals surface area contributed by atoms with Crippen molar-refractivity contribution in [3.63, 3.8) is 0 Å². The van der Waals surface area contributed by atoms with E-state index in [0.717, 1.165) is 16.7 Å². The molecule has 2 N–H and O–H groups in total. The lowest BCUT2D eigenvalue weighted by Gasteiger charge is -2.49. The molecule has 10 heteroatoms. The van der Waals surface area contributed by atoms with Gasteiger partial charge in [0.25, 0.3) is 5.91 Å². The van der Waals surface area contributed by atoms with Crippen LogP contribution in [0.1, 0.15) is 23.0 Å². The van der Waals surface area contributed by atoms with E-state index in [1.54, 1.807) is 36.4 Å². The van der Waals surface area contributed by atoms with Crippen LogP contribution in [0.25, 0.3) is 0 Å². The smallest absolute Gasteiger partial charge is 0.356 e. The fourth-order valence-corrected chi connectivity index (χ4v) is 5.65. The molecule has 0 radical (unpaired) electrons. The van der Waals surface area contributed by atoms with E-state index < -0.39 is 41.3 Å². The highest BCUT2D eigenvalue weighted by Gasteiger charge is 2.55. The van der Waals surface area contributed by atoms with Crippen LogP contribution in [0, 0.1) is 0 Å². The standard InChI is InChI=1S/C27H22N2O7S/c30-20(14-18-12-7-13-35-18)28-21-24(31)29-22(19(26(32)33)15-37-25(21)29)27(34)36-23(16-8-3-1-4-9-16)17-10-5-2-6-11-17/h1-13,21,23,25H,14-15H2,(H,28,30)(H,32,33)/t21?,25-/m0/s1. The van der Waals surface area contributed by atoms with Crippen LogP contribution in [-0.2, 0) is 30.3 Å². The summed E-state index contributed by atoms with van der Waals surface area (Å²) in [4.78, 5) is 52.1. The second-order valence-electron chi connectivity index (χ2n) is 8.45. The highest BCUT2D eigenvalue weighted by atomic mass is 32.2. The van der Waals surface area contributed by atoms with Crippen LogP contribution in [0.15, 0.2) is 94.7 Å². The summed E-state index contributed by atoms with van der Waals surface area (Å²) in [5, 5.41) is 11.8. The first-order valence-electron chi connectivity index (χ1n) is 11.5. The van der Waals surface area contributed by atoms with Gasteiger partial charge in [-0.05, 0) is 23.3 Å². The summed E-state index contributed by atoms with van der Waals surface area (Å²) in [7, 11) is 0. The van der Waals surface area contributed by atoms with Crippen molar-refractivity contribution in [2.45, 2.75) is 23.9 Å². The van der Waals surface area contributed by atoms with Crippen LogP contribution in [0.2, 0.25) is 0 Å². The molecule has 2 aliphatic heterocycles. The highest BCUT2D eigenvalue weighted by Crippen LogP contribution is 2.41. The van der Waals surface area contributed by atoms with Gasteiger partial charge in [-0.3, -0.25) is 14.5 Å². The molecule has 5 rings (SSSR count). The molecule has 0 bridgehead atoms. The average molecular weight is 519 g/mol. The van der Waals surface area contributed by atoms with Crippen molar-refractivity contribution in [2.24, 2.45) is 0 Å². The molecule has 3 aromatic rings. The number of esters is 1. The number of carboxylic acid groups (broad SMARTS) is 1. The molecule has 0 saturated carbocycles. The van der Waals surface area contributed by atoms with E-state index in [2.05, 4.69) is 5.32 Å². The number of carbonyl (C=O) groups excluding carboxylic acids is 3. The van der Waals surface area contributed by atoms with Gasteiger partial charge >= 0.3 is 11.9 Å². The largest absolute Gasteiger partial charge is 0.478 e. The molecule has 2 amide bonds. The SMILES string of the molecule is O=C(Cc1ccco1)NC1C(=O)N2C(C(=O)OC(c3ccccc3)c3ccccc3)=C(C(=O)O)CS[C@@H]12. The maximum atomic E-state index is 13.5. The maximum Gasteiger partial charge on any atom is 0.356 e. The highest BCUT2D eigenvalue weighted by molar-refractivity contribution is 8.00. The molecule has 2 aliphatic rings. The zero-order valence-corrected chi connectivity index (χ0v) is 20.2. The van der Waals surface area contributed by atoms with Crippen LogP contribution in [0.5, 0.6) is 0 Å². The Labute approximate surface area is 216 Å². The lowest BCUT2D eigenvalue weighted by Crippen LogP contribution is -2.70. The Hall–Kier alpha value is -4.31. The first kappa shape index (κ1) is 24.4. The molecule has 2 aromatic carbocycles. The number of fused-ring (bicyclic) bond motifs is 1. The summed E-state index contributed by atoms with van der Waals surface area (Å²) in [5.74, 6) is -2.81. The van der Waals surface area contributed by atoms with Crippen LogP contribution in [-0.4, -0.2) is 50.9 Å². The van der Waals surface area contributed by atoms with Crippen LogP contribution < -0.4 is 5.32 Å². The van der Waals surface area contributed by atoms with Crippen LogP contribution in [0.4, 0.5) is 0 Å². The van der Waals surface area contributed by atoms with Crippen molar-refractivity contribution in [1.29, 1.82) is 0 Å². The molecule has 1 unspecified atom stereocenters. The topological polar surface area (TPSA) is 126 Å². The second-order valence-corrected chi connectivity index (χ2v) is 9.56. The molecule has 188 valence electrons. The summed E-state index contributed by atoms with van der Waals surface area (Å²) < 4.78 is 11.0. The molecular weight excluding hydrogens is 496 g/mol. The number of hydrogen-bond donors (Lipinski definition) is 2. The molecule has 0 aliphatic carbocycles. The van der Waals surface area contributed by atoms with Gasteiger partial charge in [0.05, 0.1) is 18.3 Å². The number of thioether (sulfide) groups is 1. The Morgan fingerprint density at radius 2 is 1.68 bits per heavy atom. The quantitative estimate of drug-likeness (QED) is 0.344. The predicted octanol–water partition coefficient (Wildman–Crippen LogP) is 2.89. The summed E-state index contributed by atoms with van der Waals surface area (Å²) in [5.41, 5.74) is 0.855. The minimum absolute atomic E-state index is 0.0277. The summed E-state index contributed by atoms with van der Waals surface area (Å²) in [6.45, 7) is 0. The average Bonchev–Trinajstić information content (AvgIpc) is 3.43. The van der Waals surface area contributed by atoms with Crippen molar-refractivity contribution >= 4 is 35.5 Å². The Morgan fingerprint density at radius 3 is 2.24 bits per heavy atom. The molecular formula is C27H22N2O7S. The Bertz CT molecular complexity index is 1320. The Balaban J connectivity index is 1.39. The van der Waals surface area contributed by atoms with Gasteiger partial charge in [0.15, 0.2) is 6.10 Å². The van der Waals surface area contributed by atoms with Gasteiger partial charge in [0.2, 0.25) is 5.91 Å². The fraction of sp³-hybridized carbons (Fsp3) is 0.185. The molecule has 3 heterocycles. The minimum atomic E-state index is -1.31. The summed E-state index contributed by atoms with van der Waals surface area (Å²) >= 11 is 1.16. The van der Waals surface area contributed by atoms with Crippen molar-refractivity contribution in [2.75, 3.05) is 5.75 Å². The number of ether oxygens (including phenoxy) is 1. The van der Waals surface area contributed by atoms with Crippen molar-refractivity contribution in [1.82, 2.24) is 10.2 Å². The van der Waals surface area contributed by atoms with Gasteiger partial charge < -0.3 is 19.6 Å². The Morgan fingerprint density at radius 1 is 1.03 bits per heavy atom. The van der Waals surface area contributed by atoms with E-state index in [1.165, 1.54) is 6.26 Å². The second kappa shape index (κ2) is 10.4. The molecule has 2 atom stereocenters. The Kier molecular flexibility index (Phi) is 6.82. The van der Waals surface area contributed by atoms with Crippen molar-refractivity contribution in [3.8, 4) is 0 Å². The molecule has 1 aromatic heterocycles. The summed E-state index contributed by atoms with van der Waals surface area (Å²) in [6, 6.07) is 20.5. The molecule has 0 spiro atoms. The van der Waals surface area contributed by atoms with E-state index in [4.69, 9.17) is 9.15 Å². The molecule has 9 nitrogen and oxygen atoms in total. The van der Waals surface area contributed by atoms with Gasteiger partial charge in [-0.25, -0.2) is 9.59 Å². The number of carbonyl (C=O) groups is 4. The third-order valence-corrected chi connectivity index (χ3v) is 7.36. The number of furan rings is 1. The van der Waals surface area contributed by atoms with Gasteiger partial charge in [0, 0.05) is 5.75 Å². The number of benzene rings is 2. The minimum Gasteiger partial charge on any atom is -0.478 e. The lowest BCUT2D eigenvalue weighted by molar-refractivity contribution is -0.155. The third-order valence-electron chi connectivity index (χ3n) is 6.08. The van der Waals surface area contributed by atoms with E-state index in [-0.39, 0.29) is 23.4 Å². The number of nitrogens with zero attached hydrogens (tertiary/aromatic N) is 1. The number of β-lactam (4-membered cyclic amide) rings is 1. The third kappa shape index (κ3) is 4.88. The number of amides is 2. The first-order chi connectivity index (χ1) is 17.9. The molecule has 1 saturated heterocycles. The zero-order chi connectivity index (χ0) is 25.9. The van der Waals surface area contributed by atoms with E-state index in [1.807, 2.05) is 36.4 Å². The van der Waals surface area contributed by atoms with Crippen LogP contribution in [0.3, 0.4) is 0 Å². The number of hydrogen-bond acceptors (Lipinski definition) is 7. The van der Waals surface area contributed by atoms with Crippen LogP contribution >= 0.6 is 11.8 Å². The number of rotatable bonds is 8. The van der Waals surface area contributed by atoms with E-state index in [0.29, 0.717) is 16.9 Å². The van der Waals surface area contributed by atoms with E-state index in [9.17, 15) is 24.3 Å². The summed E-state index contributed by atoms with van der Waals surface area (Å²) in [6.07, 6.45) is 0.588. The van der Waals surface area contributed by atoms with Crippen molar-refractivity contribution < 1.29 is 33.4 Å². The van der Waals surface area contributed by atoms with E-state index >= 15 is 0 Å². The van der Waals surface area contributed by atoms with Gasteiger partial charge in [-0.2, -0.15) is 0 Å². The zero-order valence-electron chi connectivity index (χ0n) is 19.4. The lowest BCUT2D eigenvalue weighted by atomic mass is 10.0. The number of carboxylic acids is 1. The predicted molar refractivity (Wildman–Crippen MR) is 133 cm³/mol. The number of nitrogens with one attached hydrogen (secondary N) is 1. The van der Waals surface area contributed by atoms with Gasteiger partial charge in [0.1, 0.15) is 22.9 Å². The first-order valence-corrected chi connectivity index (χ1v) is 12.5. The fourth-order valence-electron chi connectivity index (χ4n) is 4.32. The monoisotopic (exact) mass is 518 g/mol. The maximum absolute atomic E-state index is 13.5.